The second-order valence-corrected chi connectivity index (χ2v) is 11.3. The van der Waals surface area contributed by atoms with E-state index in [4.69, 9.17) is 30.7 Å². The third-order valence-corrected chi connectivity index (χ3v) is 6.97. The lowest BCUT2D eigenvalue weighted by molar-refractivity contribution is 0.330. The lowest BCUT2D eigenvalue weighted by Crippen LogP contribution is -2.04. The topological polar surface area (TPSA) is 231 Å². The number of ether oxygens (including phenoxy) is 2. The number of benzene rings is 2. The Labute approximate surface area is 265 Å². The smallest absolute Gasteiger partial charge is 0.329 e. The minimum absolute atomic E-state index is 0.00552. The fourth-order valence-corrected chi connectivity index (χ4v) is 4.94. The van der Waals surface area contributed by atoms with Crippen LogP contribution in [0.3, 0.4) is 0 Å². The Balaban J connectivity index is 0.000000186. The third-order valence-electron chi connectivity index (χ3n) is 6.19. The highest BCUT2D eigenvalue weighted by Gasteiger charge is 2.16. The number of aromatic nitrogens is 8. The molecule has 4 aromatic heterocycles. The van der Waals surface area contributed by atoms with Gasteiger partial charge in [0.15, 0.2) is 22.3 Å². The Morgan fingerprint density at radius 1 is 0.745 bits per heavy atom. The van der Waals surface area contributed by atoms with Gasteiger partial charge in [0.2, 0.25) is 23.7 Å². The third kappa shape index (κ3) is 8.02. The maximum Gasteiger partial charge on any atom is 0.329 e. The average Bonchev–Trinajstić information content (AvgIpc) is 3.01. The summed E-state index contributed by atoms with van der Waals surface area (Å²) >= 11 is 0. The van der Waals surface area contributed by atoms with Crippen molar-refractivity contribution in [3.8, 4) is 34.3 Å². The fourth-order valence-electron chi connectivity index (χ4n) is 4.26. The normalized spacial score (nSPS) is 11.3. The van der Waals surface area contributed by atoms with Crippen LogP contribution in [0.2, 0.25) is 0 Å². The number of hydrogen-bond donors (Lipinski definition) is 4. The standard InChI is InChI=1S/C15H16N5O4P.C14H11F2N5O/c1-2-24-14-12-13(19-15(16)20-14)17-7-11(18-12)10-5-3-9(4-6-10)8-25(21,22)23;1-2-22-13-11-12(20-14(17)21-13)18-6-10(19-11)8-4-3-7(15)5-9(8)16/h3-7H,2,8H2,1H3,(H2,21,22,23)(H2,16,17,19,20);3-6H,2H2,1H3,(H2,17,18,20,21). The molecule has 4 heterocycles. The zero-order valence-corrected chi connectivity index (χ0v) is 25.8. The molecule has 242 valence electrons. The summed E-state index contributed by atoms with van der Waals surface area (Å²) in [5.41, 5.74) is 14.6. The molecule has 47 heavy (non-hydrogen) atoms. The largest absolute Gasteiger partial charge is 0.476 e. The van der Waals surface area contributed by atoms with E-state index >= 15 is 0 Å². The first-order valence-corrected chi connectivity index (χ1v) is 15.7. The van der Waals surface area contributed by atoms with E-state index in [9.17, 15) is 13.3 Å². The van der Waals surface area contributed by atoms with Gasteiger partial charge in [-0.3, -0.25) is 4.57 Å². The molecule has 0 fully saturated rings. The molecule has 6 rings (SSSR count). The zero-order valence-electron chi connectivity index (χ0n) is 24.9. The van der Waals surface area contributed by atoms with Crippen LogP contribution in [0, 0.1) is 11.6 Å². The molecule has 15 nitrogen and oxygen atoms in total. The Bertz CT molecular complexity index is 2120. The summed E-state index contributed by atoms with van der Waals surface area (Å²) in [6.07, 6.45) is 2.57. The molecule has 2 aromatic carbocycles. The minimum Gasteiger partial charge on any atom is -0.476 e. The maximum absolute atomic E-state index is 13.9. The van der Waals surface area contributed by atoms with Gasteiger partial charge in [-0.1, -0.05) is 24.3 Å². The summed E-state index contributed by atoms with van der Waals surface area (Å²) in [6, 6.07) is 9.95. The van der Waals surface area contributed by atoms with Crippen molar-refractivity contribution in [1.29, 1.82) is 0 Å². The summed E-state index contributed by atoms with van der Waals surface area (Å²) in [4.78, 5) is 51.1. The summed E-state index contributed by atoms with van der Waals surface area (Å²) in [5, 5.41) is 0. The molecule has 6 aromatic rings. The number of nitrogens with zero attached hydrogens (tertiary/aromatic N) is 8. The molecule has 6 N–H and O–H groups in total. The quantitative estimate of drug-likeness (QED) is 0.168. The summed E-state index contributed by atoms with van der Waals surface area (Å²) in [7, 11) is -4.10. The van der Waals surface area contributed by atoms with Crippen molar-refractivity contribution in [2.45, 2.75) is 20.0 Å². The monoisotopic (exact) mass is 664 g/mol. The lowest BCUT2D eigenvalue weighted by atomic mass is 10.1. The molecule has 0 aliphatic rings. The van der Waals surface area contributed by atoms with Crippen molar-refractivity contribution in [3.05, 3.63) is 72.1 Å². The number of nitrogen functional groups attached to an aromatic ring is 2. The Hall–Kier alpha value is -5.51. The van der Waals surface area contributed by atoms with E-state index in [1.807, 2.05) is 6.92 Å². The first-order valence-electron chi connectivity index (χ1n) is 13.9. The molecule has 0 aliphatic carbocycles. The SMILES string of the molecule is CCOc1nc(N)nc2ncc(-c3ccc(CP(=O)(O)O)cc3)nc12.CCOc1nc(N)nc2ncc(-c3ccc(F)cc3F)nc12. The molecule has 0 atom stereocenters. The summed E-state index contributed by atoms with van der Waals surface area (Å²) in [5.74, 6) is -0.908. The van der Waals surface area contributed by atoms with E-state index in [0.29, 0.717) is 35.6 Å². The van der Waals surface area contributed by atoms with Crippen LogP contribution >= 0.6 is 7.60 Å². The van der Waals surface area contributed by atoms with Gasteiger partial charge in [-0.2, -0.15) is 19.9 Å². The van der Waals surface area contributed by atoms with Crippen LogP contribution in [-0.2, 0) is 10.7 Å². The van der Waals surface area contributed by atoms with E-state index in [1.165, 1.54) is 12.3 Å². The highest BCUT2D eigenvalue weighted by atomic mass is 31.2. The molecule has 0 amide bonds. The Morgan fingerprint density at radius 3 is 1.79 bits per heavy atom. The van der Waals surface area contributed by atoms with Crippen molar-refractivity contribution in [1.82, 2.24) is 39.9 Å². The van der Waals surface area contributed by atoms with Crippen LogP contribution < -0.4 is 20.9 Å². The highest BCUT2D eigenvalue weighted by molar-refractivity contribution is 7.50. The average molecular weight is 665 g/mol. The highest BCUT2D eigenvalue weighted by Crippen LogP contribution is 2.39. The van der Waals surface area contributed by atoms with Gasteiger partial charge in [0.05, 0.1) is 43.2 Å². The summed E-state index contributed by atoms with van der Waals surface area (Å²) < 4.78 is 48.7. The molecule has 0 saturated carbocycles. The van der Waals surface area contributed by atoms with E-state index in [0.717, 1.165) is 17.7 Å². The van der Waals surface area contributed by atoms with Crippen LogP contribution in [0.15, 0.2) is 54.9 Å². The first-order chi connectivity index (χ1) is 22.4. The molecular weight excluding hydrogens is 637 g/mol. The first kappa shape index (κ1) is 32.9. The van der Waals surface area contributed by atoms with Crippen molar-refractivity contribution in [3.63, 3.8) is 0 Å². The molecule has 0 spiro atoms. The van der Waals surface area contributed by atoms with Gasteiger partial charge < -0.3 is 30.7 Å². The van der Waals surface area contributed by atoms with Gasteiger partial charge in [-0.15, -0.1) is 0 Å². The van der Waals surface area contributed by atoms with Gasteiger partial charge in [0, 0.05) is 17.2 Å². The predicted molar refractivity (Wildman–Crippen MR) is 168 cm³/mol. The van der Waals surface area contributed by atoms with Crippen molar-refractivity contribution >= 4 is 41.8 Å². The van der Waals surface area contributed by atoms with E-state index in [-0.39, 0.29) is 52.2 Å². The Morgan fingerprint density at radius 2 is 1.28 bits per heavy atom. The number of nitrogens with two attached hydrogens (primary N) is 2. The molecule has 0 unspecified atom stereocenters. The Kier molecular flexibility index (Phi) is 9.70. The van der Waals surface area contributed by atoms with Crippen LogP contribution in [0.5, 0.6) is 11.8 Å². The van der Waals surface area contributed by atoms with Crippen molar-refractivity contribution in [2.24, 2.45) is 0 Å². The molecule has 0 saturated heterocycles. The van der Waals surface area contributed by atoms with E-state index in [1.54, 1.807) is 37.4 Å². The maximum atomic E-state index is 13.9. The number of halogens is 2. The van der Waals surface area contributed by atoms with Gasteiger partial charge in [0.1, 0.15) is 11.6 Å². The van der Waals surface area contributed by atoms with E-state index < -0.39 is 19.2 Å². The van der Waals surface area contributed by atoms with Crippen LogP contribution in [0.1, 0.15) is 19.4 Å². The number of anilines is 2. The van der Waals surface area contributed by atoms with Crippen LogP contribution in [-0.4, -0.2) is 62.9 Å². The number of fused-ring (bicyclic) bond motifs is 2. The second-order valence-electron chi connectivity index (χ2n) is 9.64. The van der Waals surface area contributed by atoms with Crippen LogP contribution in [0.4, 0.5) is 20.7 Å². The molecule has 0 radical (unpaired) electrons. The second kappa shape index (κ2) is 13.9. The zero-order chi connectivity index (χ0) is 33.7. The van der Waals surface area contributed by atoms with Crippen molar-refractivity contribution < 1.29 is 32.6 Å². The lowest BCUT2D eigenvalue weighted by Gasteiger charge is -2.08. The van der Waals surface area contributed by atoms with Gasteiger partial charge >= 0.3 is 7.60 Å². The summed E-state index contributed by atoms with van der Waals surface area (Å²) in [6.45, 7) is 4.35. The predicted octanol–water partition coefficient (Wildman–Crippen LogP) is 4.09. The minimum atomic E-state index is -4.10. The molecule has 0 bridgehead atoms. The molecule has 18 heteroatoms. The van der Waals surface area contributed by atoms with Gasteiger partial charge in [0.25, 0.3) is 0 Å². The van der Waals surface area contributed by atoms with Gasteiger partial charge in [-0.05, 0) is 31.5 Å². The van der Waals surface area contributed by atoms with Crippen molar-refractivity contribution in [2.75, 3.05) is 24.7 Å². The van der Waals surface area contributed by atoms with Gasteiger partial charge in [-0.25, -0.2) is 28.7 Å². The fraction of sp³-hybridized carbons (Fsp3) is 0.172. The van der Waals surface area contributed by atoms with Crippen LogP contribution in [0.25, 0.3) is 44.8 Å². The molecular formula is C29H27F2N10O5P. The number of rotatable bonds is 8. The molecule has 0 aliphatic heterocycles. The van der Waals surface area contributed by atoms with E-state index in [2.05, 4.69) is 39.9 Å². The number of hydrogen-bond acceptors (Lipinski definition) is 13.